The van der Waals surface area contributed by atoms with Gasteiger partial charge in [0.1, 0.15) is 12.1 Å². The van der Waals surface area contributed by atoms with Crippen molar-refractivity contribution in [3.63, 3.8) is 0 Å². The topological polar surface area (TPSA) is 104 Å². The second-order valence-electron chi connectivity index (χ2n) is 14.0. The zero-order valence-corrected chi connectivity index (χ0v) is 26.0. The van der Waals surface area contributed by atoms with E-state index in [2.05, 4.69) is 37.5 Å². The summed E-state index contributed by atoms with van der Waals surface area (Å²) in [4.78, 5) is 32.5. The average molecular weight is 597 g/mol. The van der Waals surface area contributed by atoms with Gasteiger partial charge in [0.25, 0.3) is 5.91 Å². The minimum absolute atomic E-state index is 0.0186. The summed E-state index contributed by atoms with van der Waals surface area (Å²) in [5, 5.41) is 18.3. The molecule has 1 spiro atoms. The maximum Gasteiger partial charge on any atom is 0.254 e. The Morgan fingerprint density at radius 2 is 1.86 bits per heavy atom. The fourth-order valence-corrected chi connectivity index (χ4v) is 6.77. The number of fused-ring (bicyclic) bond motifs is 2. The maximum absolute atomic E-state index is 13.3. The van der Waals surface area contributed by atoms with E-state index in [-0.39, 0.29) is 42.0 Å². The maximum atomic E-state index is 13.3. The molecular weight excluding hydrogens is 552 g/mol. The summed E-state index contributed by atoms with van der Waals surface area (Å²) in [6.45, 7) is 7.30. The van der Waals surface area contributed by atoms with Crippen LogP contribution in [-0.4, -0.2) is 57.6 Å². The average Bonchev–Trinajstić information content (AvgIpc) is 3.28. The van der Waals surface area contributed by atoms with Gasteiger partial charge in [-0.3, -0.25) is 9.59 Å². The third-order valence-electron chi connectivity index (χ3n) is 9.11. The molecule has 3 aromatic rings. The number of hydrogen-bond acceptors (Lipinski definition) is 6. The molecule has 2 aromatic carbocycles. The van der Waals surface area contributed by atoms with Gasteiger partial charge in [0.05, 0.1) is 12.1 Å². The van der Waals surface area contributed by atoms with Crippen LogP contribution in [0.5, 0.6) is 5.88 Å². The summed E-state index contributed by atoms with van der Waals surface area (Å²) >= 11 is 0. The smallest absolute Gasteiger partial charge is 0.254 e. The van der Waals surface area contributed by atoms with Crippen LogP contribution in [-0.2, 0) is 24.2 Å². The molecule has 2 aliphatic heterocycles. The Balaban J connectivity index is 1.16. The number of amides is 2. The third-order valence-corrected chi connectivity index (χ3v) is 9.11. The monoisotopic (exact) mass is 596 g/mol. The molecular formula is C36H44N4O4. The van der Waals surface area contributed by atoms with Crippen LogP contribution in [0.4, 0.5) is 0 Å². The number of nitrogens with one attached hydrogen (secondary N) is 2. The standard InChI is InChI=1S/C36H44N4O4/c1-35(2,3)18-25-16-28-30(19-36(14-9-15-36)44-33(28)38-20-25)37-21-31(41)29(17-24-10-5-4-6-11-24)39-32(42)23-40-22-26-12-7-8-13-27(26)34(40)43/h4-8,10-13,16,20,29-31,37,41H,9,14-15,17-19,21-23H2,1-3H3,(H,39,42)/t29-,30-,31-/m0/s1. The number of aromatic nitrogens is 1. The minimum Gasteiger partial charge on any atom is -0.471 e. The van der Waals surface area contributed by atoms with Crippen molar-refractivity contribution in [1.82, 2.24) is 20.5 Å². The van der Waals surface area contributed by atoms with E-state index >= 15 is 0 Å². The third kappa shape index (κ3) is 6.81. The number of benzene rings is 2. The number of aliphatic hydroxyl groups is 1. The van der Waals surface area contributed by atoms with E-state index in [1.165, 1.54) is 5.56 Å². The lowest BCUT2D eigenvalue weighted by Gasteiger charge is -2.47. The Morgan fingerprint density at radius 1 is 1.11 bits per heavy atom. The van der Waals surface area contributed by atoms with Crippen LogP contribution < -0.4 is 15.4 Å². The Kier molecular flexibility index (Phi) is 8.49. The number of pyridine rings is 1. The highest BCUT2D eigenvalue weighted by Gasteiger charge is 2.46. The molecule has 232 valence electrons. The van der Waals surface area contributed by atoms with Gasteiger partial charge in [0, 0.05) is 42.9 Å². The lowest BCUT2D eigenvalue weighted by atomic mass is 9.73. The number of rotatable bonds is 10. The van der Waals surface area contributed by atoms with Crippen molar-refractivity contribution >= 4 is 11.8 Å². The first-order valence-electron chi connectivity index (χ1n) is 15.9. The van der Waals surface area contributed by atoms with E-state index in [1.807, 2.05) is 54.7 Å². The van der Waals surface area contributed by atoms with E-state index in [9.17, 15) is 14.7 Å². The number of ether oxygens (including phenoxy) is 1. The van der Waals surface area contributed by atoms with Crippen molar-refractivity contribution in [1.29, 1.82) is 0 Å². The SMILES string of the molecule is CC(C)(C)Cc1cnc2c(c1)[C@@H](NC[C@H](O)[C@H](Cc1ccccc1)NC(=O)CN1Cc3ccccc3C1=O)CC1(CCC1)O2. The van der Waals surface area contributed by atoms with Crippen molar-refractivity contribution in [2.45, 2.75) is 89.6 Å². The van der Waals surface area contributed by atoms with Crippen LogP contribution in [0, 0.1) is 5.41 Å². The second-order valence-corrected chi connectivity index (χ2v) is 14.0. The predicted molar refractivity (Wildman–Crippen MR) is 169 cm³/mol. The fourth-order valence-electron chi connectivity index (χ4n) is 6.77. The Labute approximate surface area is 260 Å². The number of aliphatic hydroxyl groups excluding tert-OH is 1. The van der Waals surface area contributed by atoms with Crippen LogP contribution in [0.15, 0.2) is 66.9 Å². The molecule has 3 heterocycles. The van der Waals surface area contributed by atoms with Crippen LogP contribution in [0.1, 0.15) is 85.1 Å². The molecule has 2 amide bonds. The molecule has 0 radical (unpaired) electrons. The molecule has 0 bridgehead atoms. The van der Waals surface area contributed by atoms with Crippen LogP contribution in [0.3, 0.4) is 0 Å². The predicted octanol–water partition coefficient (Wildman–Crippen LogP) is 4.75. The lowest BCUT2D eigenvalue weighted by molar-refractivity contribution is -0.123. The zero-order chi connectivity index (χ0) is 30.9. The lowest BCUT2D eigenvalue weighted by Crippen LogP contribution is -2.53. The first-order valence-corrected chi connectivity index (χ1v) is 15.9. The van der Waals surface area contributed by atoms with E-state index in [4.69, 9.17) is 9.72 Å². The minimum atomic E-state index is -0.861. The Bertz CT molecular complexity index is 1500. The molecule has 3 atom stereocenters. The van der Waals surface area contributed by atoms with Gasteiger partial charge in [-0.15, -0.1) is 0 Å². The van der Waals surface area contributed by atoms with Gasteiger partial charge in [0.15, 0.2) is 0 Å². The van der Waals surface area contributed by atoms with Gasteiger partial charge in [-0.1, -0.05) is 69.3 Å². The number of carbonyl (C=O) groups excluding carboxylic acids is 2. The van der Waals surface area contributed by atoms with E-state index < -0.39 is 12.1 Å². The summed E-state index contributed by atoms with van der Waals surface area (Å²) in [6, 6.07) is 19.0. The molecule has 3 N–H and O–H groups in total. The van der Waals surface area contributed by atoms with Crippen molar-refractivity contribution in [3.8, 4) is 5.88 Å². The summed E-state index contributed by atoms with van der Waals surface area (Å²) in [6.07, 6.45) is 6.42. The first-order chi connectivity index (χ1) is 21.1. The van der Waals surface area contributed by atoms with Crippen molar-refractivity contribution in [2.24, 2.45) is 5.41 Å². The van der Waals surface area contributed by atoms with E-state index in [1.54, 1.807) is 11.0 Å². The molecule has 1 fully saturated rings. The molecule has 1 aliphatic carbocycles. The first kappa shape index (κ1) is 30.3. The number of hydrogen-bond donors (Lipinski definition) is 3. The number of nitrogens with zero attached hydrogens (tertiary/aromatic N) is 2. The zero-order valence-electron chi connectivity index (χ0n) is 26.0. The highest BCUT2D eigenvalue weighted by Crippen LogP contribution is 2.48. The van der Waals surface area contributed by atoms with E-state index in [0.717, 1.165) is 48.8 Å². The number of carbonyl (C=O) groups is 2. The molecule has 3 aliphatic rings. The van der Waals surface area contributed by atoms with Gasteiger partial charge in [-0.2, -0.15) is 0 Å². The second kappa shape index (κ2) is 12.3. The van der Waals surface area contributed by atoms with E-state index in [0.29, 0.717) is 24.4 Å². The summed E-state index contributed by atoms with van der Waals surface area (Å²) in [5.74, 6) is 0.262. The van der Waals surface area contributed by atoms with Gasteiger partial charge >= 0.3 is 0 Å². The van der Waals surface area contributed by atoms with Gasteiger partial charge in [-0.05, 0) is 66.3 Å². The normalized spacial score (nSPS) is 19.9. The molecule has 1 aromatic heterocycles. The summed E-state index contributed by atoms with van der Waals surface area (Å²) in [7, 11) is 0. The van der Waals surface area contributed by atoms with Crippen molar-refractivity contribution in [2.75, 3.05) is 13.1 Å². The van der Waals surface area contributed by atoms with Crippen molar-refractivity contribution < 1.29 is 19.4 Å². The Hall–Kier alpha value is -3.75. The fraction of sp³-hybridized carbons (Fsp3) is 0.472. The van der Waals surface area contributed by atoms with Gasteiger partial charge in [-0.25, -0.2) is 4.98 Å². The van der Waals surface area contributed by atoms with Gasteiger partial charge < -0.3 is 25.4 Å². The molecule has 0 saturated heterocycles. The largest absolute Gasteiger partial charge is 0.471 e. The summed E-state index contributed by atoms with van der Waals surface area (Å²) < 4.78 is 6.45. The highest BCUT2D eigenvalue weighted by atomic mass is 16.5. The molecule has 6 rings (SSSR count). The molecule has 8 heteroatoms. The van der Waals surface area contributed by atoms with Crippen LogP contribution in [0.2, 0.25) is 0 Å². The van der Waals surface area contributed by atoms with Crippen molar-refractivity contribution in [3.05, 3.63) is 94.7 Å². The Morgan fingerprint density at radius 3 is 2.57 bits per heavy atom. The van der Waals surface area contributed by atoms with Gasteiger partial charge in [0.2, 0.25) is 11.8 Å². The molecule has 0 unspecified atom stereocenters. The summed E-state index contributed by atoms with van der Waals surface area (Å²) in [5.41, 5.74) is 4.72. The molecule has 44 heavy (non-hydrogen) atoms. The molecule has 8 nitrogen and oxygen atoms in total. The van der Waals surface area contributed by atoms with Crippen LogP contribution >= 0.6 is 0 Å². The molecule has 1 saturated carbocycles. The van der Waals surface area contributed by atoms with Crippen LogP contribution in [0.25, 0.3) is 0 Å². The highest BCUT2D eigenvalue weighted by molar-refractivity contribution is 6.00. The quantitative estimate of drug-likeness (QED) is 0.312.